The summed E-state index contributed by atoms with van der Waals surface area (Å²) in [6.07, 6.45) is 9.63. The Morgan fingerprint density at radius 2 is 1.48 bits per heavy atom. The molecular formula is C17H30F2N2. The Morgan fingerprint density at radius 1 is 0.952 bits per heavy atom. The van der Waals surface area contributed by atoms with Gasteiger partial charge < -0.3 is 0 Å². The highest BCUT2D eigenvalue weighted by Crippen LogP contribution is 2.36. The lowest BCUT2D eigenvalue weighted by Gasteiger charge is -2.28. The highest BCUT2D eigenvalue weighted by molar-refractivity contribution is 5.17. The molecule has 0 saturated carbocycles. The minimum absolute atomic E-state index is 0.315. The van der Waals surface area contributed by atoms with E-state index in [0.717, 1.165) is 49.6 Å². The Hall–Kier alpha value is -0.930. The fourth-order valence-electron chi connectivity index (χ4n) is 2.93. The number of hydrogen-bond donors (Lipinski definition) is 0. The maximum atomic E-state index is 14.1. The molecule has 1 heterocycles. The molecule has 1 rings (SSSR count). The van der Waals surface area contributed by atoms with Crippen molar-refractivity contribution < 1.29 is 8.78 Å². The maximum absolute atomic E-state index is 14.1. The molecule has 1 atom stereocenters. The molecular weight excluding hydrogens is 270 g/mol. The van der Waals surface area contributed by atoms with E-state index in [1.165, 1.54) is 19.9 Å². The van der Waals surface area contributed by atoms with Gasteiger partial charge in [-0.25, -0.2) is 4.68 Å². The number of aromatic nitrogens is 2. The first kappa shape index (κ1) is 18.1. The van der Waals surface area contributed by atoms with Crippen LogP contribution in [0, 0.1) is 11.8 Å². The zero-order valence-corrected chi connectivity index (χ0v) is 14.0. The van der Waals surface area contributed by atoms with Crippen molar-refractivity contribution in [3.8, 4) is 0 Å². The van der Waals surface area contributed by atoms with Crippen LogP contribution < -0.4 is 0 Å². The van der Waals surface area contributed by atoms with E-state index < -0.39 is 11.8 Å². The second-order valence-electron chi connectivity index (χ2n) is 6.41. The van der Waals surface area contributed by atoms with Gasteiger partial charge >= 0.3 is 0 Å². The van der Waals surface area contributed by atoms with Crippen LogP contribution in [0.1, 0.15) is 84.3 Å². The third-order valence-electron chi connectivity index (χ3n) is 4.41. The Bertz CT molecular complexity index is 429. The van der Waals surface area contributed by atoms with Crippen LogP contribution in [0.3, 0.4) is 0 Å². The molecule has 1 aromatic rings. The van der Waals surface area contributed by atoms with Crippen LogP contribution in [0.15, 0.2) is 0 Å². The Morgan fingerprint density at radius 3 is 1.95 bits per heavy atom. The number of aryl methyl sites for hydroxylation is 1. The summed E-state index contributed by atoms with van der Waals surface area (Å²) in [5.41, 5.74) is -0.0372. The first-order chi connectivity index (χ1) is 9.96. The molecule has 0 saturated heterocycles. The van der Waals surface area contributed by atoms with Gasteiger partial charge in [0, 0.05) is 12.5 Å². The maximum Gasteiger partial charge on any atom is 0.247 e. The average molecular weight is 300 g/mol. The summed E-state index contributed by atoms with van der Waals surface area (Å²) in [4.78, 5) is 0. The predicted octanol–water partition coefficient (Wildman–Crippen LogP) is 5.51. The lowest BCUT2D eigenvalue weighted by Crippen LogP contribution is -2.24. The summed E-state index contributed by atoms with van der Waals surface area (Å²) in [7, 11) is 1.46. The molecule has 0 spiro atoms. The molecule has 0 fully saturated rings. The highest BCUT2D eigenvalue weighted by Gasteiger charge is 2.34. The van der Waals surface area contributed by atoms with Gasteiger partial charge in [-0.1, -0.05) is 65.7 Å². The third kappa shape index (κ3) is 4.79. The normalized spacial score (nSPS) is 14.4. The van der Waals surface area contributed by atoms with E-state index in [1.54, 1.807) is 0 Å². The molecule has 21 heavy (non-hydrogen) atoms. The predicted molar refractivity (Wildman–Crippen MR) is 83.4 cm³/mol. The van der Waals surface area contributed by atoms with E-state index in [0.29, 0.717) is 5.69 Å². The zero-order chi connectivity index (χ0) is 15.9. The molecule has 0 aromatic carbocycles. The fraction of sp³-hybridized carbons (Fsp3) is 0.824. The minimum Gasteiger partial charge on any atom is -0.240 e. The molecule has 1 unspecified atom stereocenters. The van der Waals surface area contributed by atoms with Crippen LogP contribution in [0.5, 0.6) is 0 Å². The average Bonchev–Trinajstić information content (AvgIpc) is 2.72. The molecule has 0 aliphatic carbocycles. The topological polar surface area (TPSA) is 17.8 Å². The SMILES string of the molecule is CCCCCCC(C)(CCCCC)c1nn(C)c(F)c1F. The van der Waals surface area contributed by atoms with E-state index >= 15 is 0 Å². The molecule has 0 bridgehead atoms. The van der Waals surface area contributed by atoms with Crippen LogP contribution >= 0.6 is 0 Å². The molecule has 0 aliphatic heterocycles. The zero-order valence-electron chi connectivity index (χ0n) is 14.0. The first-order valence-corrected chi connectivity index (χ1v) is 8.34. The Kier molecular flexibility index (Phi) is 7.33. The van der Waals surface area contributed by atoms with Gasteiger partial charge in [-0.05, 0) is 12.8 Å². The van der Waals surface area contributed by atoms with Crippen LogP contribution in [0.4, 0.5) is 8.78 Å². The van der Waals surface area contributed by atoms with E-state index in [4.69, 9.17) is 0 Å². The van der Waals surface area contributed by atoms with Gasteiger partial charge in [0.1, 0.15) is 5.69 Å². The second kappa shape index (κ2) is 8.50. The van der Waals surface area contributed by atoms with Crippen LogP contribution in [0.25, 0.3) is 0 Å². The van der Waals surface area contributed by atoms with Gasteiger partial charge in [-0.15, -0.1) is 0 Å². The summed E-state index contributed by atoms with van der Waals surface area (Å²) >= 11 is 0. The Labute approximate surface area is 127 Å². The van der Waals surface area contributed by atoms with Crippen molar-refractivity contribution in [1.29, 1.82) is 0 Å². The summed E-state index contributed by atoms with van der Waals surface area (Å²) in [5, 5.41) is 4.13. The van der Waals surface area contributed by atoms with Crippen molar-refractivity contribution in [1.82, 2.24) is 9.78 Å². The highest BCUT2D eigenvalue weighted by atomic mass is 19.2. The lowest BCUT2D eigenvalue weighted by atomic mass is 9.77. The lowest BCUT2D eigenvalue weighted by molar-refractivity contribution is 0.341. The van der Waals surface area contributed by atoms with E-state index in [1.807, 2.05) is 6.92 Å². The van der Waals surface area contributed by atoms with Crippen molar-refractivity contribution in [2.45, 2.75) is 84.0 Å². The van der Waals surface area contributed by atoms with Gasteiger partial charge in [0.2, 0.25) is 11.8 Å². The third-order valence-corrected chi connectivity index (χ3v) is 4.41. The van der Waals surface area contributed by atoms with Crippen molar-refractivity contribution in [3.63, 3.8) is 0 Å². The first-order valence-electron chi connectivity index (χ1n) is 8.34. The molecule has 0 N–H and O–H groups in total. The van der Waals surface area contributed by atoms with E-state index in [-0.39, 0.29) is 5.41 Å². The van der Waals surface area contributed by atoms with Crippen LogP contribution in [-0.2, 0) is 12.5 Å². The summed E-state index contributed by atoms with van der Waals surface area (Å²) in [6, 6.07) is 0. The van der Waals surface area contributed by atoms with E-state index in [9.17, 15) is 8.78 Å². The molecule has 0 amide bonds. The number of halogens is 2. The molecule has 1 aromatic heterocycles. The molecule has 4 heteroatoms. The van der Waals surface area contributed by atoms with Crippen molar-refractivity contribution in [2.75, 3.05) is 0 Å². The smallest absolute Gasteiger partial charge is 0.240 e. The number of unbranched alkanes of at least 4 members (excludes halogenated alkanes) is 5. The van der Waals surface area contributed by atoms with Crippen LogP contribution in [-0.4, -0.2) is 9.78 Å². The van der Waals surface area contributed by atoms with Crippen molar-refractivity contribution in [2.24, 2.45) is 7.05 Å². The standard InChI is InChI=1S/C17H30F2N2/c1-5-7-9-11-13-17(3,12-10-8-6-2)15-14(18)16(19)21(4)20-15/h5-13H2,1-4H3. The second-order valence-corrected chi connectivity index (χ2v) is 6.41. The summed E-state index contributed by atoms with van der Waals surface area (Å²) in [5.74, 6) is -1.60. The van der Waals surface area contributed by atoms with E-state index in [2.05, 4.69) is 18.9 Å². The van der Waals surface area contributed by atoms with Gasteiger partial charge in [0.05, 0.1) is 0 Å². The monoisotopic (exact) mass is 300 g/mol. The summed E-state index contributed by atoms with van der Waals surface area (Å²) in [6.45, 7) is 6.37. The van der Waals surface area contributed by atoms with Crippen LogP contribution in [0.2, 0.25) is 0 Å². The molecule has 0 radical (unpaired) electrons. The molecule has 0 aliphatic rings. The number of nitrogens with zero attached hydrogens (tertiary/aromatic N) is 2. The number of hydrogen-bond acceptors (Lipinski definition) is 1. The minimum atomic E-state index is -0.847. The molecule has 122 valence electrons. The van der Waals surface area contributed by atoms with Gasteiger partial charge in [0.25, 0.3) is 0 Å². The van der Waals surface area contributed by atoms with Gasteiger partial charge in [-0.2, -0.15) is 13.9 Å². The summed E-state index contributed by atoms with van der Waals surface area (Å²) < 4.78 is 28.8. The Balaban J connectivity index is 2.86. The van der Waals surface area contributed by atoms with Crippen molar-refractivity contribution in [3.05, 3.63) is 17.5 Å². The van der Waals surface area contributed by atoms with Crippen molar-refractivity contribution >= 4 is 0 Å². The largest absolute Gasteiger partial charge is 0.247 e. The fourth-order valence-corrected chi connectivity index (χ4v) is 2.93. The number of rotatable bonds is 10. The van der Waals surface area contributed by atoms with Gasteiger partial charge in [-0.3, -0.25) is 0 Å². The quantitative estimate of drug-likeness (QED) is 0.521. The van der Waals surface area contributed by atoms with Gasteiger partial charge in [0.15, 0.2) is 0 Å². The molecule has 2 nitrogen and oxygen atoms in total.